The van der Waals surface area contributed by atoms with Gasteiger partial charge in [0.05, 0.1) is 12.2 Å². The van der Waals surface area contributed by atoms with Gasteiger partial charge in [-0.25, -0.2) is 9.97 Å². The molecule has 0 aromatic carbocycles. The maximum atomic E-state index is 12.0. The molecule has 0 saturated carbocycles. The lowest BCUT2D eigenvalue weighted by atomic mass is 10.2. The second-order valence-electron chi connectivity index (χ2n) is 4.88. The Hall–Kier alpha value is -1.34. The zero-order valence-corrected chi connectivity index (χ0v) is 14.1. The fourth-order valence-corrected chi connectivity index (χ4v) is 3.62. The van der Waals surface area contributed by atoms with Crippen LogP contribution < -0.4 is 5.32 Å². The second-order valence-corrected chi connectivity index (χ2v) is 6.69. The minimum Gasteiger partial charge on any atom is -0.350 e. The monoisotopic (exact) mass is 324 g/mol. The van der Waals surface area contributed by atoms with Crippen LogP contribution in [0, 0.1) is 6.92 Å². The lowest BCUT2D eigenvalue weighted by Crippen LogP contribution is -2.25. The highest BCUT2D eigenvalue weighted by molar-refractivity contribution is 7.97. The Morgan fingerprint density at radius 3 is 3.05 bits per heavy atom. The lowest BCUT2D eigenvalue weighted by Gasteiger charge is -2.14. The first-order valence-corrected chi connectivity index (χ1v) is 9.06. The number of thiazole rings is 1. The van der Waals surface area contributed by atoms with Crippen molar-refractivity contribution in [3.63, 3.8) is 0 Å². The van der Waals surface area contributed by atoms with Crippen molar-refractivity contribution in [1.82, 2.24) is 19.9 Å². The van der Waals surface area contributed by atoms with Crippen LogP contribution in [0.3, 0.4) is 0 Å². The summed E-state index contributed by atoms with van der Waals surface area (Å²) in [5.41, 5.74) is 0.934. The summed E-state index contributed by atoms with van der Waals surface area (Å²) in [6.45, 7) is 4.46. The average molecular weight is 324 g/mol. The summed E-state index contributed by atoms with van der Waals surface area (Å²) >= 11 is 3.40. The third-order valence-electron chi connectivity index (χ3n) is 3.15. The van der Waals surface area contributed by atoms with Gasteiger partial charge in [-0.1, -0.05) is 0 Å². The zero-order chi connectivity index (χ0) is 15.2. The number of rotatable bonds is 7. The van der Waals surface area contributed by atoms with Crippen LogP contribution in [0.5, 0.6) is 0 Å². The number of nitrogens with one attached hydrogen (secondary N) is 1. The van der Waals surface area contributed by atoms with E-state index >= 15 is 0 Å². The quantitative estimate of drug-likeness (QED) is 0.851. The number of hydrogen-bond donors (Lipinski definition) is 1. The van der Waals surface area contributed by atoms with E-state index in [0.29, 0.717) is 13.0 Å². The van der Waals surface area contributed by atoms with Gasteiger partial charge in [0, 0.05) is 36.0 Å². The first kappa shape index (κ1) is 16.0. The topological polar surface area (TPSA) is 59.8 Å². The van der Waals surface area contributed by atoms with E-state index in [4.69, 9.17) is 0 Å². The van der Waals surface area contributed by atoms with E-state index in [1.807, 2.05) is 30.0 Å². The van der Waals surface area contributed by atoms with Crippen molar-refractivity contribution in [3.05, 3.63) is 34.3 Å². The van der Waals surface area contributed by atoms with Crippen LogP contribution in [0.1, 0.15) is 35.9 Å². The third kappa shape index (κ3) is 4.57. The van der Waals surface area contributed by atoms with Gasteiger partial charge in [0.15, 0.2) is 0 Å². The van der Waals surface area contributed by atoms with Crippen LogP contribution in [-0.2, 0) is 17.1 Å². The van der Waals surface area contributed by atoms with Gasteiger partial charge >= 0.3 is 0 Å². The summed E-state index contributed by atoms with van der Waals surface area (Å²) in [5, 5.41) is 6.05. The Morgan fingerprint density at radius 1 is 1.57 bits per heavy atom. The molecular formula is C14H20N4OS2. The molecule has 0 bridgehead atoms. The summed E-state index contributed by atoms with van der Waals surface area (Å²) < 4.78 is 2.01. The first-order chi connectivity index (χ1) is 10.1. The van der Waals surface area contributed by atoms with Crippen LogP contribution in [0.4, 0.5) is 0 Å². The molecule has 1 unspecified atom stereocenters. The summed E-state index contributed by atoms with van der Waals surface area (Å²) in [7, 11) is 0. The van der Waals surface area contributed by atoms with Crippen molar-refractivity contribution in [1.29, 1.82) is 0 Å². The highest BCUT2D eigenvalue weighted by Crippen LogP contribution is 2.15. The number of aryl methyl sites for hydroxylation is 1. The Labute approximate surface area is 133 Å². The molecule has 1 N–H and O–H groups in total. The van der Waals surface area contributed by atoms with E-state index in [2.05, 4.69) is 21.5 Å². The molecule has 2 aromatic heterocycles. The molecule has 0 spiro atoms. The molecule has 0 saturated heterocycles. The van der Waals surface area contributed by atoms with E-state index in [-0.39, 0.29) is 11.9 Å². The smallest absolute Gasteiger partial charge is 0.222 e. The van der Waals surface area contributed by atoms with Gasteiger partial charge < -0.3 is 9.88 Å². The number of thioether (sulfide) groups is 1. The van der Waals surface area contributed by atoms with Crippen molar-refractivity contribution in [2.75, 3.05) is 6.26 Å². The van der Waals surface area contributed by atoms with E-state index in [0.717, 1.165) is 22.3 Å². The molecule has 2 aromatic rings. The minimum absolute atomic E-state index is 0.0371. The Bertz CT molecular complexity index is 593. The molecule has 1 amide bonds. The van der Waals surface area contributed by atoms with Crippen molar-refractivity contribution in [3.8, 4) is 0 Å². The SMILES string of the molecule is CSCc1nc(CNC(=O)CC(C)n2ccnc2C)cs1. The van der Waals surface area contributed by atoms with Crippen LogP contribution in [-0.4, -0.2) is 26.7 Å². The van der Waals surface area contributed by atoms with Crippen molar-refractivity contribution < 1.29 is 4.79 Å². The fraction of sp³-hybridized carbons (Fsp3) is 0.500. The molecule has 7 heteroatoms. The molecule has 2 heterocycles. The summed E-state index contributed by atoms with van der Waals surface area (Å²) in [6.07, 6.45) is 6.16. The lowest BCUT2D eigenvalue weighted by molar-refractivity contribution is -0.121. The largest absolute Gasteiger partial charge is 0.350 e. The van der Waals surface area contributed by atoms with Crippen molar-refractivity contribution >= 4 is 29.0 Å². The van der Waals surface area contributed by atoms with Gasteiger partial charge in [-0.15, -0.1) is 11.3 Å². The Morgan fingerprint density at radius 2 is 2.38 bits per heavy atom. The molecule has 1 atom stereocenters. The highest BCUT2D eigenvalue weighted by Gasteiger charge is 2.12. The highest BCUT2D eigenvalue weighted by atomic mass is 32.2. The molecule has 0 aliphatic carbocycles. The number of carbonyl (C=O) groups is 1. The summed E-state index contributed by atoms with van der Waals surface area (Å²) in [4.78, 5) is 20.7. The Kier molecular flexibility index (Phi) is 5.81. The van der Waals surface area contributed by atoms with Crippen LogP contribution >= 0.6 is 23.1 Å². The van der Waals surface area contributed by atoms with Crippen molar-refractivity contribution in [2.45, 2.75) is 38.6 Å². The standard InChI is InChI=1S/C14H20N4OS2/c1-10(18-5-4-15-11(18)2)6-13(19)16-7-12-8-21-14(17-12)9-20-3/h4-5,8,10H,6-7,9H2,1-3H3,(H,16,19). The second kappa shape index (κ2) is 7.61. The van der Waals surface area contributed by atoms with Gasteiger partial charge in [-0.3, -0.25) is 4.79 Å². The average Bonchev–Trinajstić information content (AvgIpc) is 3.06. The van der Waals surface area contributed by atoms with Crippen molar-refractivity contribution in [2.24, 2.45) is 0 Å². The number of imidazole rings is 1. The number of aromatic nitrogens is 3. The zero-order valence-electron chi connectivity index (χ0n) is 12.5. The van der Waals surface area contributed by atoms with Gasteiger partial charge in [0.2, 0.25) is 5.91 Å². The molecule has 0 aliphatic rings. The first-order valence-electron chi connectivity index (χ1n) is 6.78. The van der Waals surface area contributed by atoms with Crippen LogP contribution in [0.15, 0.2) is 17.8 Å². The summed E-state index contributed by atoms with van der Waals surface area (Å²) in [6, 6.07) is 0.106. The number of amides is 1. The van der Waals surface area contributed by atoms with Crippen LogP contribution in [0.2, 0.25) is 0 Å². The van der Waals surface area contributed by atoms with E-state index in [1.54, 1.807) is 29.3 Å². The molecule has 0 radical (unpaired) electrons. The number of nitrogens with zero attached hydrogens (tertiary/aromatic N) is 3. The maximum Gasteiger partial charge on any atom is 0.222 e. The molecule has 0 fully saturated rings. The van der Waals surface area contributed by atoms with E-state index < -0.39 is 0 Å². The molecule has 0 aliphatic heterocycles. The number of carbonyl (C=O) groups excluding carboxylic acids is 1. The van der Waals surface area contributed by atoms with Gasteiger partial charge in [-0.2, -0.15) is 11.8 Å². The van der Waals surface area contributed by atoms with Gasteiger partial charge in [0.25, 0.3) is 0 Å². The molecule has 5 nitrogen and oxygen atoms in total. The normalized spacial score (nSPS) is 12.3. The molecular weight excluding hydrogens is 304 g/mol. The third-order valence-corrected chi connectivity index (χ3v) is 4.79. The molecule has 114 valence electrons. The van der Waals surface area contributed by atoms with Gasteiger partial charge in [-0.05, 0) is 20.1 Å². The van der Waals surface area contributed by atoms with E-state index in [1.165, 1.54) is 0 Å². The molecule has 21 heavy (non-hydrogen) atoms. The number of hydrogen-bond acceptors (Lipinski definition) is 5. The maximum absolute atomic E-state index is 12.0. The predicted octanol–water partition coefficient (Wildman–Crippen LogP) is 2.78. The van der Waals surface area contributed by atoms with Gasteiger partial charge in [0.1, 0.15) is 10.8 Å². The minimum atomic E-state index is 0.0371. The fourth-order valence-electron chi connectivity index (χ4n) is 2.10. The molecule has 2 rings (SSSR count). The predicted molar refractivity (Wildman–Crippen MR) is 87.5 cm³/mol. The van der Waals surface area contributed by atoms with Crippen LogP contribution in [0.25, 0.3) is 0 Å². The Balaban J connectivity index is 1.80. The summed E-state index contributed by atoms with van der Waals surface area (Å²) in [5.74, 6) is 1.89. The van der Waals surface area contributed by atoms with E-state index in [9.17, 15) is 4.79 Å².